The van der Waals surface area contributed by atoms with E-state index < -0.39 is 0 Å². The summed E-state index contributed by atoms with van der Waals surface area (Å²) in [6.45, 7) is 3.63. The molecule has 1 amide bonds. The minimum atomic E-state index is -0.349. The van der Waals surface area contributed by atoms with E-state index in [0.717, 1.165) is 0 Å². The summed E-state index contributed by atoms with van der Waals surface area (Å²) < 4.78 is 10.2. The molecule has 9 heteroatoms. The molecule has 0 saturated heterocycles. The Morgan fingerprint density at radius 2 is 2.13 bits per heavy atom. The van der Waals surface area contributed by atoms with Gasteiger partial charge in [-0.15, -0.1) is 0 Å². The molecule has 0 aliphatic heterocycles. The number of aromatic amines is 1. The molecule has 1 atom stereocenters. The normalized spacial score (nSPS) is 12.3. The van der Waals surface area contributed by atoms with Gasteiger partial charge in [0.1, 0.15) is 16.8 Å². The number of H-pyrrole nitrogens is 1. The maximum absolute atomic E-state index is 12.6. The third-order valence-electron chi connectivity index (χ3n) is 3.45. The van der Waals surface area contributed by atoms with Crippen molar-refractivity contribution >= 4 is 16.9 Å². The second kappa shape index (κ2) is 6.03. The number of hydrogen-bond acceptors (Lipinski definition) is 7. The van der Waals surface area contributed by atoms with Crippen molar-refractivity contribution in [1.82, 2.24) is 30.9 Å². The van der Waals surface area contributed by atoms with Gasteiger partial charge in [0.2, 0.25) is 5.89 Å². The summed E-state index contributed by atoms with van der Waals surface area (Å²) in [5.74, 6) is 1.01. The van der Waals surface area contributed by atoms with Crippen LogP contribution < -0.4 is 10.1 Å². The number of hydrogen-bond donors (Lipinski definition) is 2. The van der Waals surface area contributed by atoms with Crippen LogP contribution in [0.2, 0.25) is 0 Å². The zero-order chi connectivity index (χ0) is 16.4. The highest BCUT2D eigenvalue weighted by Gasteiger charge is 2.22. The number of aromatic nitrogens is 5. The number of nitrogens with one attached hydrogen (secondary N) is 2. The predicted molar refractivity (Wildman–Crippen MR) is 80.0 cm³/mol. The van der Waals surface area contributed by atoms with Crippen molar-refractivity contribution in [2.24, 2.45) is 0 Å². The lowest BCUT2D eigenvalue weighted by Crippen LogP contribution is -2.29. The fourth-order valence-electron chi connectivity index (χ4n) is 2.26. The highest BCUT2D eigenvalue weighted by Crippen LogP contribution is 2.24. The summed E-state index contributed by atoms with van der Waals surface area (Å²) in [6.07, 6.45) is 0.624. The van der Waals surface area contributed by atoms with E-state index in [1.54, 1.807) is 19.1 Å². The first-order valence-corrected chi connectivity index (χ1v) is 7.12. The second-order valence-corrected chi connectivity index (χ2v) is 4.97. The number of nitrogens with zero attached hydrogens (tertiary/aromatic N) is 4. The first kappa shape index (κ1) is 14.9. The van der Waals surface area contributed by atoms with E-state index in [9.17, 15) is 4.79 Å². The monoisotopic (exact) mass is 316 g/mol. The van der Waals surface area contributed by atoms with Crippen molar-refractivity contribution in [1.29, 1.82) is 0 Å². The van der Waals surface area contributed by atoms with Crippen LogP contribution >= 0.6 is 0 Å². The van der Waals surface area contributed by atoms with Crippen LogP contribution in [-0.2, 0) is 0 Å². The van der Waals surface area contributed by atoms with E-state index in [0.29, 0.717) is 40.5 Å². The van der Waals surface area contributed by atoms with Gasteiger partial charge in [0.05, 0.1) is 18.7 Å². The van der Waals surface area contributed by atoms with E-state index in [-0.39, 0.29) is 11.9 Å². The van der Waals surface area contributed by atoms with E-state index in [1.165, 1.54) is 7.11 Å². The molecule has 3 rings (SSSR count). The highest BCUT2D eigenvalue weighted by molar-refractivity contribution is 6.00. The van der Waals surface area contributed by atoms with Gasteiger partial charge in [0, 0.05) is 13.0 Å². The Kier molecular flexibility index (Phi) is 3.92. The van der Waals surface area contributed by atoms with E-state index in [1.807, 2.05) is 6.92 Å². The number of ether oxygens (including phenoxy) is 1. The molecule has 2 N–H and O–H groups in total. The Bertz CT molecular complexity index is 840. The van der Waals surface area contributed by atoms with Crippen molar-refractivity contribution in [3.63, 3.8) is 0 Å². The summed E-state index contributed by atoms with van der Waals surface area (Å²) in [5.41, 5.74) is 1.58. The van der Waals surface area contributed by atoms with E-state index in [4.69, 9.17) is 9.26 Å². The first-order chi connectivity index (χ1) is 11.1. The largest absolute Gasteiger partial charge is 0.496 e. The third-order valence-corrected chi connectivity index (χ3v) is 3.45. The first-order valence-electron chi connectivity index (χ1n) is 7.12. The maximum Gasteiger partial charge on any atom is 0.255 e. The summed E-state index contributed by atoms with van der Waals surface area (Å²) in [5, 5.41) is 17.2. The third kappa shape index (κ3) is 2.85. The molecule has 0 saturated carbocycles. The molecular formula is C14H16N6O3. The van der Waals surface area contributed by atoms with Crippen LogP contribution in [0.5, 0.6) is 5.75 Å². The maximum atomic E-state index is 12.6. The van der Waals surface area contributed by atoms with Crippen LogP contribution in [0, 0.1) is 6.92 Å². The Hall–Kier alpha value is -2.97. The molecule has 1 aromatic carbocycles. The van der Waals surface area contributed by atoms with Crippen molar-refractivity contribution in [3.05, 3.63) is 29.4 Å². The molecule has 9 nitrogen and oxygen atoms in total. The fourth-order valence-corrected chi connectivity index (χ4v) is 2.26. The van der Waals surface area contributed by atoms with Crippen molar-refractivity contribution in [2.45, 2.75) is 26.3 Å². The van der Waals surface area contributed by atoms with Crippen LogP contribution in [0.3, 0.4) is 0 Å². The quantitative estimate of drug-likeness (QED) is 0.732. The van der Waals surface area contributed by atoms with Gasteiger partial charge < -0.3 is 14.6 Å². The number of aryl methyl sites for hydroxylation is 1. The zero-order valence-electron chi connectivity index (χ0n) is 13.0. The van der Waals surface area contributed by atoms with Gasteiger partial charge >= 0.3 is 0 Å². The van der Waals surface area contributed by atoms with Gasteiger partial charge in [0.15, 0.2) is 5.82 Å². The highest BCUT2D eigenvalue weighted by atomic mass is 16.5. The van der Waals surface area contributed by atoms with Crippen LogP contribution in [0.1, 0.15) is 41.5 Å². The molecule has 120 valence electrons. The second-order valence-electron chi connectivity index (χ2n) is 4.97. The lowest BCUT2D eigenvalue weighted by molar-refractivity contribution is 0.0930. The molecule has 0 bridgehead atoms. The van der Waals surface area contributed by atoms with Crippen LogP contribution in [0.25, 0.3) is 11.0 Å². The van der Waals surface area contributed by atoms with Crippen LogP contribution in [-0.4, -0.2) is 38.6 Å². The predicted octanol–water partition coefficient (Wildman–Crippen LogP) is 1.54. The SMILES string of the molecule is CCC(NC(=O)c1cc2n[nH]nc2cc1OC)c1noc(C)n1. The zero-order valence-corrected chi connectivity index (χ0v) is 13.0. The summed E-state index contributed by atoms with van der Waals surface area (Å²) in [4.78, 5) is 16.8. The number of carbonyl (C=O) groups is 1. The van der Waals surface area contributed by atoms with Crippen LogP contribution in [0.15, 0.2) is 16.7 Å². The van der Waals surface area contributed by atoms with Crippen molar-refractivity contribution in [2.75, 3.05) is 7.11 Å². The fraction of sp³-hybridized carbons (Fsp3) is 0.357. The molecule has 2 heterocycles. The standard InChI is InChI=1S/C14H16N6O3/c1-4-9(13-15-7(2)23-19-13)16-14(21)8-5-10-11(18-20-17-10)6-12(8)22-3/h5-6,9H,4H2,1-3H3,(H,16,21)(H,17,18,20). The smallest absolute Gasteiger partial charge is 0.255 e. The number of amides is 1. The molecule has 0 radical (unpaired) electrons. The molecular weight excluding hydrogens is 300 g/mol. The van der Waals surface area contributed by atoms with Gasteiger partial charge in [0.25, 0.3) is 5.91 Å². The average Bonchev–Trinajstić information content (AvgIpc) is 3.19. The molecule has 3 aromatic rings. The van der Waals surface area contributed by atoms with Crippen molar-refractivity contribution in [3.8, 4) is 5.75 Å². The van der Waals surface area contributed by atoms with Gasteiger partial charge in [-0.1, -0.05) is 12.1 Å². The lowest BCUT2D eigenvalue weighted by Gasteiger charge is -2.14. The van der Waals surface area contributed by atoms with Gasteiger partial charge in [-0.05, 0) is 12.5 Å². The van der Waals surface area contributed by atoms with Crippen molar-refractivity contribution < 1.29 is 14.1 Å². The topological polar surface area (TPSA) is 119 Å². The molecule has 0 spiro atoms. The Morgan fingerprint density at radius 1 is 1.39 bits per heavy atom. The van der Waals surface area contributed by atoms with Gasteiger partial charge in [-0.2, -0.15) is 20.4 Å². The Balaban J connectivity index is 1.89. The molecule has 0 aliphatic carbocycles. The molecule has 0 fully saturated rings. The van der Waals surface area contributed by atoms with Crippen LogP contribution in [0.4, 0.5) is 0 Å². The number of methoxy groups -OCH3 is 1. The average molecular weight is 316 g/mol. The summed E-state index contributed by atoms with van der Waals surface area (Å²) >= 11 is 0. The molecule has 0 aliphatic rings. The molecule has 1 unspecified atom stereocenters. The number of rotatable bonds is 5. The number of benzene rings is 1. The molecule has 23 heavy (non-hydrogen) atoms. The molecule has 2 aromatic heterocycles. The van der Waals surface area contributed by atoms with Gasteiger partial charge in [-0.3, -0.25) is 4.79 Å². The van der Waals surface area contributed by atoms with E-state index in [2.05, 4.69) is 30.9 Å². The minimum absolute atomic E-state index is 0.305. The van der Waals surface area contributed by atoms with Gasteiger partial charge in [-0.25, -0.2) is 0 Å². The Morgan fingerprint density at radius 3 is 2.74 bits per heavy atom. The summed E-state index contributed by atoms with van der Waals surface area (Å²) in [7, 11) is 1.50. The number of carbonyl (C=O) groups excluding carboxylic acids is 1. The minimum Gasteiger partial charge on any atom is -0.496 e. The lowest BCUT2D eigenvalue weighted by atomic mass is 10.1. The summed E-state index contributed by atoms with van der Waals surface area (Å²) in [6, 6.07) is 2.94. The number of fused-ring (bicyclic) bond motifs is 1. The Labute approximate surface area is 131 Å². The van der Waals surface area contributed by atoms with E-state index >= 15 is 0 Å².